The van der Waals surface area contributed by atoms with E-state index in [1.807, 2.05) is 42.5 Å². The number of benzene rings is 2. The molecule has 1 N–H and O–H groups in total. The van der Waals surface area contributed by atoms with E-state index in [9.17, 15) is 9.18 Å². The Labute approximate surface area is 203 Å². The lowest BCUT2D eigenvalue weighted by molar-refractivity contribution is -0.118. The first kappa shape index (κ1) is 23.8. The van der Waals surface area contributed by atoms with Gasteiger partial charge in [0.1, 0.15) is 28.7 Å². The van der Waals surface area contributed by atoms with Crippen LogP contribution in [-0.4, -0.2) is 61.5 Å². The Morgan fingerprint density at radius 3 is 2.53 bits per heavy atom. The van der Waals surface area contributed by atoms with Crippen LogP contribution in [0.25, 0.3) is 0 Å². The van der Waals surface area contributed by atoms with E-state index in [-0.39, 0.29) is 11.7 Å². The van der Waals surface area contributed by atoms with Gasteiger partial charge in [-0.25, -0.2) is 14.4 Å². The third-order valence-corrected chi connectivity index (χ3v) is 6.60. The molecule has 0 aliphatic carbocycles. The zero-order valence-corrected chi connectivity index (χ0v) is 19.9. The summed E-state index contributed by atoms with van der Waals surface area (Å²) < 4.78 is 19.2. The van der Waals surface area contributed by atoms with Crippen LogP contribution in [0.5, 0.6) is 5.75 Å². The Balaban J connectivity index is 1.22. The molecule has 1 aliphatic heterocycles. The second-order valence-corrected chi connectivity index (χ2v) is 8.87. The largest absolute Gasteiger partial charge is 0.497 e. The van der Waals surface area contributed by atoms with Gasteiger partial charge in [0.15, 0.2) is 0 Å². The molecule has 34 heavy (non-hydrogen) atoms. The number of carbonyl (C=O) groups is 1. The van der Waals surface area contributed by atoms with Gasteiger partial charge in [-0.05, 0) is 36.2 Å². The average Bonchev–Trinajstić information content (AvgIpc) is 2.88. The van der Waals surface area contributed by atoms with Crippen molar-refractivity contribution in [2.45, 2.75) is 11.4 Å². The summed E-state index contributed by atoms with van der Waals surface area (Å²) in [6, 6.07) is 16.6. The highest BCUT2D eigenvalue weighted by Crippen LogP contribution is 2.24. The molecule has 1 fully saturated rings. The van der Waals surface area contributed by atoms with Gasteiger partial charge in [-0.15, -0.1) is 0 Å². The maximum Gasteiger partial charge on any atom is 0.230 e. The fourth-order valence-corrected chi connectivity index (χ4v) is 4.49. The van der Waals surface area contributed by atoms with Gasteiger partial charge in [0, 0.05) is 38.8 Å². The number of hydrogen-bond donors (Lipinski definition) is 1. The van der Waals surface area contributed by atoms with Crippen LogP contribution in [0.2, 0.25) is 0 Å². The molecule has 1 aromatic heterocycles. The first-order valence-corrected chi connectivity index (χ1v) is 12.2. The molecule has 0 unspecified atom stereocenters. The Hall–Kier alpha value is -3.33. The van der Waals surface area contributed by atoms with E-state index >= 15 is 0 Å². The van der Waals surface area contributed by atoms with E-state index in [4.69, 9.17) is 4.74 Å². The third kappa shape index (κ3) is 6.38. The zero-order valence-electron chi connectivity index (χ0n) is 19.1. The Morgan fingerprint density at radius 1 is 1.06 bits per heavy atom. The molecule has 0 bridgehead atoms. The average molecular weight is 482 g/mol. The van der Waals surface area contributed by atoms with Gasteiger partial charge in [0.25, 0.3) is 0 Å². The van der Waals surface area contributed by atoms with Gasteiger partial charge in [-0.2, -0.15) is 0 Å². The number of anilines is 2. The smallest absolute Gasteiger partial charge is 0.230 e. The number of methoxy groups -OCH3 is 1. The maximum absolute atomic E-state index is 14.1. The molecule has 0 spiro atoms. The molecule has 1 amide bonds. The summed E-state index contributed by atoms with van der Waals surface area (Å²) in [4.78, 5) is 25.2. The molecule has 9 heteroatoms. The van der Waals surface area contributed by atoms with Crippen molar-refractivity contribution in [3.8, 4) is 5.75 Å². The predicted octanol–water partition coefficient (Wildman–Crippen LogP) is 3.40. The van der Waals surface area contributed by atoms with Gasteiger partial charge >= 0.3 is 0 Å². The lowest BCUT2D eigenvalue weighted by atomic mass is 10.1. The number of piperazine rings is 1. The van der Waals surface area contributed by atoms with Crippen molar-refractivity contribution in [1.82, 2.24) is 15.3 Å². The van der Waals surface area contributed by atoms with Crippen molar-refractivity contribution in [2.75, 3.05) is 55.4 Å². The van der Waals surface area contributed by atoms with Crippen molar-refractivity contribution in [3.63, 3.8) is 0 Å². The van der Waals surface area contributed by atoms with Crippen LogP contribution in [0, 0.1) is 5.82 Å². The van der Waals surface area contributed by atoms with E-state index in [2.05, 4.69) is 25.1 Å². The van der Waals surface area contributed by atoms with Gasteiger partial charge in [-0.3, -0.25) is 4.79 Å². The third-order valence-electron chi connectivity index (χ3n) is 5.67. The van der Waals surface area contributed by atoms with Crippen LogP contribution in [0.3, 0.4) is 0 Å². The molecule has 3 aromatic rings. The first-order valence-electron chi connectivity index (χ1n) is 11.2. The van der Waals surface area contributed by atoms with Crippen molar-refractivity contribution < 1.29 is 13.9 Å². The number of nitrogens with zero attached hydrogens (tertiary/aromatic N) is 4. The summed E-state index contributed by atoms with van der Waals surface area (Å²) in [5, 5.41) is 3.71. The minimum absolute atomic E-state index is 0.0304. The molecule has 2 heterocycles. The number of ether oxygens (including phenoxy) is 1. The molecule has 1 saturated heterocycles. The van der Waals surface area contributed by atoms with Crippen LogP contribution >= 0.6 is 11.8 Å². The number of hydrogen-bond acceptors (Lipinski definition) is 7. The number of para-hydroxylation sites is 1. The van der Waals surface area contributed by atoms with Crippen LogP contribution < -0.4 is 19.9 Å². The number of nitrogens with one attached hydrogen (secondary N) is 1. The SMILES string of the molecule is COc1ccc(CCNC(=O)CSc2cc(N3CCN(c4ccccc4F)CC3)ncn2)cc1. The summed E-state index contributed by atoms with van der Waals surface area (Å²) in [5.74, 6) is 1.71. The quantitative estimate of drug-likeness (QED) is 0.371. The second kappa shape index (κ2) is 11.7. The van der Waals surface area contributed by atoms with E-state index in [1.54, 1.807) is 13.2 Å². The van der Waals surface area contributed by atoms with Gasteiger partial charge < -0.3 is 19.9 Å². The minimum atomic E-state index is -0.195. The van der Waals surface area contributed by atoms with Crippen LogP contribution in [0.4, 0.5) is 15.9 Å². The molecule has 0 atom stereocenters. The van der Waals surface area contributed by atoms with Crippen LogP contribution in [0.1, 0.15) is 5.56 Å². The zero-order chi connectivity index (χ0) is 23.8. The van der Waals surface area contributed by atoms with E-state index in [0.29, 0.717) is 31.1 Å². The highest BCUT2D eigenvalue weighted by molar-refractivity contribution is 7.99. The van der Waals surface area contributed by atoms with E-state index in [1.165, 1.54) is 24.2 Å². The normalized spacial score (nSPS) is 13.6. The Morgan fingerprint density at radius 2 is 1.79 bits per heavy atom. The molecule has 0 radical (unpaired) electrons. The molecule has 178 valence electrons. The topological polar surface area (TPSA) is 70.6 Å². The first-order chi connectivity index (χ1) is 16.6. The fourth-order valence-electron chi connectivity index (χ4n) is 3.80. The fraction of sp³-hybridized carbons (Fsp3) is 0.320. The number of aromatic nitrogens is 2. The standard InChI is InChI=1S/C25H28FN5O2S/c1-33-20-8-6-19(7-9-20)10-11-27-24(32)17-34-25-16-23(28-18-29-25)31-14-12-30(13-15-31)22-5-3-2-4-21(22)26/h2-9,16,18H,10-15,17H2,1H3,(H,27,32). The van der Waals surface area contributed by atoms with Crippen molar-refractivity contribution in [2.24, 2.45) is 0 Å². The highest BCUT2D eigenvalue weighted by atomic mass is 32.2. The number of thioether (sulfide) groups is 1. The molecular formula is C25H28FN5O2S. The second-order valence-electron chi connectivity index (χ2n) is 7.88. The summed E-state index contributed by atoms with van der Waals surface area (Å²) in [6.07, 6.45) is 2.29. The maximum atomic E-state index is 14.1. The monoisotopic (exact) mass is 481 g/mol. The molecule has 4 rings (SSSR count). The van der Waals surface area contributed by atoms with Crippen molar-refractivity contribution >= 4 is 29.2 Å². The number of carbonyl (C=O) groups excluding carboxylic acids is 1. The molecule has 0 saturated carbocycles. The lowest BCUT2D eigenvalue weighted by Crippen LogP contribution is -2.47. The minimum Gasteiger partial charge on any atom is -0.497 e. The van der Waals surface area contributed by atoms with Gasteiger partial charge in [0.2, 0.25) is 5.91 Å². The summed E-state index contributed by atoms with van der Waals surface area (Å²) in [7, 11) is 1.64. The highest BCUT2D eigenvalue weighted by Gasteiger charge is 2.20. The molecule has 7 nitrogen and oxygen atoms in total. The van der Waals surface area contributed by atoms with E-state index in [0.717, 1.165) is 41.7 Å². The number of rotatable bonds is 9. The number of amides is 1. The molecule has 1 aliphatic rings. The van der Waals surface area contributed by atoms with Gasteiger partial charge in [-0.1, -0.05) is 36.0 Å². The van der Waals surface area contributed by atoms with E-state index < -0.39 is 0 Å². The summed E-state index contributed by atoms with van der Waals surface area (Å²) >= 11 is 1.39. The summed E-state index contributed by atoms with van der Waals surface area (Å²) in [6.45, 7) is 3.48. The molecular weight excluding hydrogens is 453 g/mol. The lowest BCUT2D eigenvalue weighted by Gasteiger charge is -2.36. The van der Waals surface area contributed by atoms with Crippen molar-refractivity contribution in [3.05, 3.63) is 72.3 Å². The Kier molecular flexibility index (Phi) is 8.19. The van der Waals surface area contributed by atoms with Crippen molar-refractivity contribution in [1.29, 1.82) is 0 Å². The number of halogens is 1. The van der Waals surface area contributed by atoms with Crippen LogP contribution in [0.15, 0.2) is 66.0 Å². The van der Waals surface area contributed by atoms with Gasteiger partial charge in [0.05, 0.1) is 18.6 Å². The molecule has 2 aromatic carbocycles. The Bertz CT molecular complexity index is 1090. The van der Waals surface area contributed by atoms with Crippen LogP contribution in [-0.2, 0) is 11.2 Å². The predicted molar refractivity (Wildman–Crippen MR) is 133 cm³/mol. The summed E-state index contributed by atoms with van der Waals surface area (Å²) in [5.41, 5.74) is 1.78.